The highest BCUT2D eigenvalue weighted by molar-refractivity contribution is 7.91. The van der Waals surface area contributed by atoms with Crippen molar-refractivity contribution < 1.29 is 17.9 Å². The van der Waals surface area contributed by atoms with Gasteiger partial charge < -0.3 is 14.5 Å². The number of hydrogen-bond donors (Lipinski definition) is 0. The molecule has 1 aliphatic heterocycles. The smallest absolute Gasteiger partial charge is 0.261 e. The molecule has 30 heavy (non-hydrogen) atoms. The average Bonchev–Trinajstić information content (AvgIpc) is 3.06. The number of rotatable bonds is 7. The summed E-state index contributed by atoms with van der Waals surface area (Å²) < 4.78 is 29.8. The third-order valence-corrected chi connectivity index (χ3v) is 7.37. The van der Waals surface area contributed by atoms with Crippen molar-refractivity contribution in [2.24, 2.45) is 0 Å². The SMILES string of the molecule is Cc1ccc(OCC(=O)N(Cc2ccc(N(C)C)cc2)[C@H]2CCS(=O)(=O)C2)cc1C. The van der Waals surface area contributed by atoms with Gasteiger partial charge >= 0.3 is 0 Å². The van der Waals surface area contributed by atoms with Crippen LogP contribution in [0.3, 0.4) is 0 Å². The molecule has 0 unspecified atom stereocenters. The Morgan fingerprint density at radius 2 is 1.77 bits per heavy atom. The lowest BCUT2D eigenvalue weighted by Gasteiger charge is -2.28. The van der Waals surface area contributed by atoms with Crippen LogP contribution in [0.15, 0.2) is 42.5 Å². The Bertz CT molecular complexity index is 1000. The fraction of sp³-hybridized carbons (Fsp3) is 0.435. The first-order valence-corrected chi connectivity index (χ1v) is 11.9. The maximum Gasteiger partial charge on any atom is 0.261 e. The molecule has 1 amide bonds. The van der Waals surface area contributed by atoms with Crippen molar-refractivity contribution in [1.29, 1.82) is 0 Å². The molecule has 0 saturated carbocycles. The molecule has 0 N–H and O–H groups in total. The van der Waals surface area contributed by atoms with Gasteiger partial charge in [-0.25, -0.2) is 8.42 Å². The lowest BCUT2D eigenvalue weighted by Crippen LogP contribution is -2.43. The minimum Gasteiger partial charge on any atom is -0.484 e. The molecule has 0 aliphatic carbocycles. The van der Waals surface area contributed by atoms with Crippen LogP contribution in [0.1, 0.15) is 23.1 Å². The Kier molecular flexibility index (Phi) is 6.71. The summed E-state index contributed by atoms with van der Waals surface area (Å²) in [5.74, 6) is 0.574. The second kappa shape index (κ2) is 9.08. The number of ether oxygens (including phenoxy) is 1. The molecule has 2 aromatic rings. The predicted molar refractivity (Wildman–Crippen MR) is 120 cm³/mol. The monoisotopic (exact) mass is 430 g/mol. The van der Waals surface area contributed by atoms with Crippen molar-refractivity contribution in [1.82, 2.24) is 4.90 Å². The first kappa shape index (κ1) is 22.2. The molecule has 1 saturated heterocycles. The van der Waals surface area contributed by atoms with Crippen molar-refractivity contribution in [3.8, 4) is 5.75 Å². The number of sulfone groups is 1. The van der Waals surface area contributed by atoms with Gasteiger partial charge in [-0.3, -0.25) is 4.79 Å². The summed E-state index contributed by atoms with van der Waals surface area (Å²) in [5.41, 5.74) is 4.29. The predicted octanol–water partition coefficient (Wildman–Crippen LogP) is 2.96. The molecule has 0 bridgehead atoms. The van der Waals surface area contributed by atoms with Crippen LogP contribution in [0.2, 0.25) is 0 Å². The summed E-state index contributed by atoms with van der Waals surface area (Å²) in [6, 6.07) is 13.3. The minimum atomic E-state index is -3.10. The third kappa shape index (κ3) is 5.53. The van der Waals surface area contributed by atoms with E-state index in [0.29, 0.717) is 18.7 Å². The van der Waals surface area contributed by atoms with Gasteiger partial charge in [0.25, 0.3) is 5.91 Å². The van der Waals surface area contributed by atoms with E-state index in [4.69, 9.17) is 4.74 Å². The van der Waals surface area contributed by atoms with Crippen molar-refractivity contribution in [3.05, 3.63) is 59.2 Å². The highest BCUT2D eigenvalue weighted by Gasteiger charge is 2.34. The van der Waals surface area contributed by atoms with Gasteiger partial charge in [0.05, 0.1) is 11.5 Å². The summed E-state index contributed by atoms with van der Waals surface area (Å²) in [4.78, 5) is 16.7. The Labute approximate surface area is 179 Å². The molecular formula is C23H30N2O4S. The Morgan fingerprint density at radius 1 is 1.07 bits per heavy atom. The maximum absolute atomic E-state index is 13.0. The first-order valence-electron chi connectivity index (χ1n) is 10.1. The molecular weight excluding hydrogens is 400 g/mol. The van der Waals surface area contributed by atoms with E-state index in [1.165, 1.54) is 0 Å². The Hall–Kier alpha value is -2.54. The van der Waals surface area contributed by atoms with Gasteiger partial charge in [-0.15, -0.1) is 0 Å². The van der Waals surface area contributed by atoms with Gasteiger partial charge in [-0.05, 0) is 61.2 Å². The van der Waals surface area contributed by atoms with Crippen LogP contribution in [-0.2, 0) is 21.2 Å². The molecule has 0 radical (unpaired) electrons. The molecule has 7 heteroatoms. The number of nitrogens with zero attached hydrogens (tertiary/aromatic N) is 2. The normalized spacial score (nSPS) is 17.5. The molecule has 6 nitrogen and oxygen atoms in total. The number of carbonyl (C=O) groups is 1. The molecule has 1 aliphatic rings. The summed E-state index contributed by atoms with van der Waals surface area (Å²) in [5, 5.41) is 0. The fourth-order valence-corrected chi connectivity index (χ4v) is 5.30. The number of hydrogen-bond acceptors (Lipinski definition) is 5. The minimum absolute atomic E-state index is 0.0121. The van der Waals surface area contributed by atoms with Crippen molar-refractivity contribution in [3.63, 3.8) is 0 Å². The molecule has 0 aromatic heterocycles. The number of anilines is 1. The van der Waals surface area contributed by atoms with Crippen molar-refractivity contribution in [2.45, 2.75) is 32.9 Å². The largest absolute Gasteiger partial charge is 0.484 e. The van der Waals surface area contributed by atoms with Gasteiger partial charge in [0.1, 0.15) is 5.75 Å². The number of aryl methyl sites for hydroxylation is 2. The van der Waals surface area contributed by atoms with E-state index in [1.807, 2.05) is 75.3 Å². The third-order valence-electron chi connectivity index (χ3n) is 5.62. The Morgan fingerprint density at radius 3 is 2.33 bits per heavy atom. The van der Waals surface area contributed by atoms with E-state index in [-0.39, 0.29) is 30.1 Å². The molecule has 1 heterocycles. The highest BCUT2D eigenvalue weighted by atomic mass is 32.2. The summed E-state index contributed by atoms with van der Waals surface area (Å²) in [6.45, 7) is 4.27. The summed E-state index contributed by atoms with van der Waals surface area (Å²) in [7, 11) is 0.838. The standard InChI is InChI=1S/C23H30N2O4S/c1-17-5-10-22(13-18(17)2)29-15-23(26)25(21-11-12-30(27,28)16-21)14-19-6-8-20(9-7-19)24(3)4/h5-10,13,21H,11-12,14-16H2,1-4H3/t21-/m0/s1. The second-order valence-electron chi connectivity index (χ2n) is 8.17. The van der Waals surface area contributed by atoms with Crippen LogP contribution >= 0.6 is 0 Å². The van der Waals surface area contributed by atoms with Crippen LogP contribution < -0.4 is 9.64 Å². The van der Waals surface area contributed by atoms with E-state index >= 15 is 0 Å². The van der Waals surface area contributed by atoms with Crippen LogP contribution in [0, 0.1) is 13.8 Å². The van der Waals surface area contributed by atoms with E-state index in [2.05, 4.69) is 0 Å². The molecule has 3 rings (SSSR count). The number of carbonyl (C=O) groups excluding carboxylic acids is 1. The Balaban J connectivity index is 1.74. The zero-order valence-corrected chi connectivity index (χ0v) is 18.9. The van der Waals surface area contributed by atoms with E-state index in [0.717, 1.165) is 22.4 Å². The molecule has 1 atom stereocenters. The lowest BCUT2D eigenvalue weighted by atomic mass is 10.1. The van der Waals surface area contributed by atoms with Gasteiger partial charge in [-0.2, -0.15) is 0 Å². The number of benzene rings is 2. The second-order valence-corrected chi connectivity index (χ2v) is 10.4. The van der Waals surface area contributed by atoms with Crippen LogP contribution in [-0.4, -0.2) is 57.5 Å². The van der Waals surface area contributed by atoms with E-state index in [1.54, 1.807) is 4.90 Å². The summed E-state index contributed by atoms with van der Waals surface area (Å²) in [6.07, 6.45) is 0.466. The average molecular weight is 431 g/mol. The van der Waals surface area contributed by atoms with Gasteiger partial charge in [0, 0.05) is 32.4 Å². The van der Waals surface area contributed by atoms with Crippen LogP contribution in [0.4, 0.5) is 5.69 Å². The van der Waals surface area contributed by atoms with Crippen molar-refractivity contribution >= 4 is 21.4 Å². The van der Waals surface area contributed by atoms with Gasteiger partial charge in [0.2, 0.25) is 0 Å². The lowest BCUT2D eigenvalue weighted by molar-refractivity contribution is -0.136. The molecule has 1 fully saturated rings. The quantitative estimate of drug-likeness (QED) is 0.676. The maximum atomic E-state index is 13.0. The highest BCUT2D eigenvalue weighted by Crippen LogP contribution is 2.22. The van der Waals surface area contributed by atoms with Crippen molar-refractivity contribution in [2.75, 3.05) is 37.1 Å². The molecule has 0 spiro atoms. The number of amides is 1. The first-order chi connectivity index (χ1) is 14.1. The zero-order chi connectivity index (χ0) is 21.9. The molecule has 2 aromatic carbocycles. The summed E-state index contributed by atoms with van der Waals surface area (Å²) >= 11 is 0. The van der Waals surface area contributed by atoms with Gasteiger partial charge in [0.15, 0.2) is 16.4 Å². The zero-order valence-electron chi connectivity index (χ0n) is 18.1. The van der Waals surface area contributed by atoms with Crippen LogP contribution in [0.25, 0.3) is 0 Å². The topological polar surface area (TPSA) is 66.9 Å². The van der Waals surface area contributed by atoms with E-state index < -0.39 is 9.84 Å². The fourth-order valence-electron chi connectivity index (χ4n) is 3.57. The molecule has 162 valence electrons. The van der Waals surface area contributed by atoms with E-state index in [9.17, 15) is 13.2 Å². The van der Waals surface area contributed by atoms with Gasteiger partial charge in [-0.1, -0.05) is 18.2 Å². The van der Waals surface area contributed by atoms with Crippen LogP contribution in [0.5, 0.6) is 5.75 Å².